The highest BCUT2D eigenvalue weighted by atomic mass is 19.1. The number of hydrogen-bond donors (Lipinski definition) is 2. The summed E-state index contributed by atoms with van der Waals surface area (Å²) in [6, 6.07) is 7.54. The topological polar surface area (TPSA) is 107 Å². The van der Waals surface area contributed by atoms with Crippen LogP contribution < -0.4 is 15.4 Å². The summed E-state index contributed by atoms with van der Waals surface area (Å²) in [6.45, 7) is 0.423. The van der Waals surface area contributed by atoms with Crippen LogP contribution in [-0.2, 0) is 13.6 Å². The monoisotopic (exact) mass is 433 g/mol. The Labute approximate surface area is 183 Å². The number of aryl methyl sites for hydroxylation is 1. The molecule has 1 amide bonds. The van der Waals surface area contributed by atoms with E-state index in [1.54, 1.807) is 35.4 Å². The number of ether oxygens (including phenoxy) is 1. The summed E-state index contributed by atoms with van der Waals surface area (Å²) < 4.78 is 21.8. The largest absolute Gasteiger partial charge is 0.454 e. The van der Waals surface area contributed by atoms with Gasteiger partial charge in [0.1, 0.15) is 11.4 Å². The fraction of sp³-hybridized carbons (Fsp3) is 0.136. The van der Waals surface area contributed by atoms with Crippen LogP contribution in [0.15, 0.2) is 61.3 Å². The van der Waals surface area contributed by atoms with Gasteiger partial charge in [-0.25, -0.2) is 14.4 Å². The highest BCUT2D eigenvalue weighted by molar-refractivity contribution is 5.92. The molecule has 0 fully saturated rings. The Balaban J connectivity index is 1.39. The van der Waals surface area contributed by atoms with Crippen LogP contribution in [0.5, 0.6) is 11.5 Å². The van der Waals surface area contributed by atoms with Crippen LogP contribution in [-0.4, -0.2) is 37.7 Å². The number of rotatable bonds is 7. The van der Waals surface area contributed by atoms with Crippen LogP contribution in [0.25, 0.3) is 11.4 Å². The highest BCUT2D eigenvalue weighted by Gasteiger charge is 2.10. The lowest BCUT2D eigenvalue weighted by Gasteiger charge is -2.10. The zero-order valence-electron chi connectivity index (χ0n) is 17.4. The molecule has 0 saturated heterocycles. The van der Waals surface area contributed by atoms with Crippen molar-refractivity contribution in [3.05, 3.63) is 78.4 Å². The van der Waals surface area contributed by atoms with Crippen molar-refractivity contribution in [2.75, 3.05) is 12.4 Å². The Morgan fingerprint density at radius 1 is 1.12 bits per heavy atom. The van der Waals surface area contributed by atoms with Crippen LogP contribution in [0.2, 0.25) is 0 Å². The standard InChI is InChI=1S/C22H20FN7O2/c1-24-22(31)19-8-17(5-6-25-19)32-20-4-3-16(7-18(20)23)26-9-14-10-27-21(28-11-14)15-12-29-30(2)13-15/h3-8,10-13,26H,9H2,1-2H3,(H,24,31). The molecule has 4 aromatic rings. The third-order valence-electron chi connectivity index (χ3n) is 4.52. The predicted molar refractivity (Wildman–Crippen MR) is 116 cm³/mol. The summed E-state index contributed by atoms with van der Waals surface area (Å²) in [5, 5.41) is 9.72. The summed E-state index contributed by atoms with van der Waals surface area (Å²) in [5.41, 5.74) is 2.44. The summed E-state index contributed by atoms with van der Waals surface area (Å²) in [4.78, 5) is 24.3. The number of nitrogens with zero attached hydrogens (tertiary/aromatic N) is 5. The van der Waals surface area contributed by atoms with Gasteiger partial charge in [-0.1, -0.05) is 0 Å². The third kappa shape index (κ3) is 4.86. The number of aromatic nitrogens is 5. The van der Waals surface area contributed by atoms with E-state index in [2.05, 4.69) is 30.7 Å². The van der Waals surface area contributed by atoms with Crippen LogP contribution in [0.4, 0.5) is 10.1 Å². The molecule has 0 radical (unpaired) electrons. The maximum absolute atomic E-state index is 14.5. The zero-order chi connectivity index (χ0) is 22.5. The minimum Gasteiger partial charge on any atom is -0.454 e. The van der Waals surface area contributed by atoms with Crippen molar-refractivity contribution < 1.29 is 13.9 Å². The van der Waals surface area contributed by atoms with Crippen molar-refractivity contribution >= 4 is 11.6 Å². The number of halogens is 1. The van der Waals surface area contributed by atoms with Gasteiger partial charge in [-0.05, 0) is 18.2 Å². The second-order valence-electron chi connectivity index (χ2n) is 6.87. The molecule has 0 unspecified atom stereocenters. The first-order chi connectivity index (χ1) is 15.5. The van der Waals surface area contributed by atoms with Crippen LogP contribution >= 0.6 is 0 Å². The molecule has 32 heavy (non-hydrogen) atoms. The van der Waals surface area contributed by atoms with Gasteiger partial charge in [-0.3, -0.25) is 14.5 Å². The fourth-order valence-electron chi connectivity index (χ4n) is 2.88. The van der Waals surface area contributed by atoms with Gasteiger partial charge in [0.25, 0.3) is 5.91 Å². The number of pyridine rings is 1. The Morgan fingerprint density at radius 3 is 2.62 bits per heavy atom. The van der Waals surface area contributed by atoms with E-state index >= 15 is 0 Å². The number of benzene rings is 1. The van der Waals surface area contributed by atoms with E-state index in [0.29, 0.717) is 23.8 Å². The van der Waals surface area contributed by atoms with Crippen molar-refractivity contribution in [3.63, 3.8) is 0 Å². The van der Waals surface area contributed by atoms with E-state index in [4.69, 9.17) is 4.74 Å². The SMILES string of the molecule is CNC(=O)c1cc(Oc2ccc(NCc3cnc(-c4cnn(C)c4)nc3)cc2F)ccn1. The Bertz CT molecular complexity index is 1240. The van der Waals surface area contributed by atoms with Gasteiger partial charge in [0.15, 0.2) is 17.4 Å². The van der Waals surface area contributed by atoms with E-state index in [1.807, 2.05) is 13.2 Å². The summed E-state index contributed by atoms with van der Waals surface area (Å²) in [7, 11) is 3.33. The smallest absolute Gasteiger partial charge is 0.269 e. The first-order valence-electron chi connectivity index (χ1n) is 9.71. The minimum atomic E-state index is -0.545. The molecule has 3 heterocycles. The predicted octanol–water partition coefficient (Wildman–Crippen LogP) is 3.18. The molecular formula is C22H20FN7O2. The second kappa shape index (κ2) is 9.21. The van der Waals surface area contributed by atoms with Crippen LogP contribution in [0.3, 0.4) is 0 Å². The molecule has 4 rings (SSSR count). The number of anilines is 1. The zero-order valence-corrected chi connectivity index (χ0v) is 17.4. The maximum atomic E-state index is 14.5. The van der Waals surface area contributed by atoms with Gasteiger partial charge >= 0.3 is 0 Å². The van der Waals surface area contributed by atoms with E-state index in [-0.39, 0.29) is 17.4 Å². The normalized spacial score (nSPS) is 10.6. The van der Waals surface area contributed by atoms with Gasteiger partial charge in [0.05, 0.1) is 11.8 Å². The van der Waals surface area contributed by atoms with Gasteiger partial charge < -0.3 is 15.4 Å². The molecule has 9 nitrogen and oxygen atoms in total. The lowest BCUT2D eigenvalue weighted by atomic mass is 10.2. The number of amides is 1. The Hall–Kier alpha value is -4.34. The number of carbonyl (C=O) groups excluding carboxylic acids is 1. The van der Waals surface area contributed by atoms with E-state index in [1.165, 1.54) is 31.4 Å². The van der Waals surface area contributed by atoms with Crippen molar-refractivity contribution in [2.45, 2.75) is 6.54 Å². The number of nitrogens with one attached hydrogen (secondary N) is 2. The van der Waals surface area contributed by atoms with Crippen molar-refractivity contribution in [1.82, 2.24) is 30.0 Å². The molecule has 2 N–H and O–H groups in total. The Morgan fingerprint density at radius 2 is 1.94 bits per heavy atom. The molecule has 0 bridgehead atoms. The average molecular weight is 433 g/mol. The summed E-state index contributed by atoms with van der Waals surface area (Å²) in [5.74, 6) is 0.0345. The molecule has 0 aliphatic heterocycles. The first kappa shape index (κ1) is 20.9. The van der Waals surface area contributed by atoms with Gasteiger partial charge in [0.2, 0.25) is 0 Å². The average Bonchev–Trinajstić information content (AvgIpc) is 3.25. The van der Waals surface area contributed by atoms with Crippen LogP contribution in [0.1, 0.15) is 16.1 Å². The maximum Gasteiger partial charge on any atom is 0.269 e. The molecular weight excluding hydrogens is 413 g/mol. The van der Waals surface area contributed by atoms with E-state index in [9.17, 15) is 9.18 Å². The molecule has 1 aromatic carbocycles. The minimum absolute atomic E-state index is 0.0359. The number of hydrogen-bond acceptors (Lipinski definition) is 7. The first-order valence-corrected chi connectivity index (χ1v) is 9.71. The molecule has 0 aliphatic carbocycles. The fourth-order valence-corrected chi connectivity index (χ4v) is 2.88. The molecule has 0 saturated carbocycles. The third-order valence-corrected chi connectivity index (χ3v) is 4.52. The summed E-state index contributed by atoms with van der Waals surface area (Å²) >= 11 is 0. The van der Waals surface area contributed by atoms with Gasteiger partial charge in [-0.2, -0.15) is 5.10 Å². The van der Waals surface area contributed by atoms with Crippen molar-refractivity contribution in [1.29, 1.82) is 0 Å². The molecule has 162 valence electrons. The molecule has 0 atom stereocenters. The lowest BCUT2D eigenvalue weighted by Crippen LogP contribution is -2.18. The van der Waals surface area contributed by atoms with E-state index < -0.39 is 5.82 Å². The van der Waals surface area contributed by atoms with E-state index in [0.717, 1.165) is 11.1 Å². The molecule has 3 aromatic heterocycles. The number of carbonyl (C=O) groups is 1. The lowest BCUT2D eigenvalue weighted by molar-refractivity contribution is 0.0958. The van der Waals surface area contributed by atoms with Crippen LogP contribution in [0, 0.1) is 5.82 Å². The van der Waals surface area contributed by atoms with Crippen molar-refractivity contribution in [2.24, 2.45) is 7.05 Å². The molecule has 10 heteroatoms. The van der Waals surface area contributed by atoms with Gasteiger partial charge in [0, 0.05) is 68.8 Å². The summed E-state index contributed by atoms with van der Waals surface area (Å²) in [6.07, 6.45) is 8.39. The second-order valence-corrected chi connectivity index (χ2v) is 6.87. The quantitative estimate of drug-likeness (QED) is 0.461. The Kier molecular flexibility index (Phi) is 6.02. The van der Waals surface area contributed by atoms with Crippen molar-refractivity contribution in [3.8, 4) is 22.9 Å². The molecule has 0 spiro atoms. The van der Waals surface area contributed by atoms with Gasteiger partial charge in [-0.15, -0.1) is 0 Å². The highest BCUT2D eigenvalue weighted by Crippen LogP contribution is 2.27. The molecule has 0 aliphatic rings.